The minimum absolute atomic E-state index is 0.0648. The van der Waals surface area contributed by atoms with Crippen molar-refractivity contribution in [3.63, 3.8) is 0 Å². The Morgan fingerprint density at radius 2 is 1.94 bits per heavy atom. The summed E-state index contributed by atoms with van der Waals surface area (Å²) in [4.78, 5) is 12.7. The van der Waals surface area contributed by atoms with E-state index in [0.29, 0.717) is 13.1 Å². The molecule has 2 N–H and O–H groups in total. The van der Waals surface area contributed by atoms with E-state index in [2.05, 4.69) is 41.8 Å². The quantitative estimate of drug-likeness (QED) is 0.708. The molecule has 0 saturated carbocycles. The third kappa shape index (κ3) is 6.07. The fourth-order valence-electron chi connectivity index (χ4n) is 1.57. The molecular weight excluding hydrogens is 244 g/mol. The minimum atomic E-state index is 0.0648. The third-order valence-electron chi connectivity index (χ3n) is 2.51. The monoisotopic (exact) mass is 266 g/mol. The lowest BCUT2D eigenvalue weighted by Crippen LogP contribution is -2.34. The molecule has 1 aromatic rings. The number of carbonyl (C=O) groups is 1. The molecule has 0 radical (unpaired) electrons. The number of thioether (sulfide) groups is 1. The van der Waals surface area contributed by atoms with E-state index in [1.807, 2.05) is 18.7 Å². The van der Waals surface area contributed by atoms with E-state index in [4.69, 9.17) is 0 Å². The second kappa shape index (κ2) is 9.00. The van der Waals surface area contributed by atoms with Gasteiger partial charge in [-0.05, 0) is 36.4 Å². The average molecular weight is 266 g/mol. The standard InChI is InChI=1S/C14H22N2OS/c1-3-15-11-14(17)16-10-9-12-5-7-13(8-6-12)18-4-2/h5-8,15H,3-4,9-11H2,1-2H3,(H,16,17). The molecule has 1 aromatic carbocycles. The van der Waals surface area contributed by atoms with Crippen molar-refractivity contribution < 1.29 is 4.79 Å². The van der Waals surface area contributed by atoms with Crippen LogP contribution in [0.2, 0.25) is 0 Å². The highest BCUT2D eigenvalue weighted by Gasteiger charge is 1.99. The van der Waals surface area contributed by atoms with Crippen LogP contribution in [-0.2, 0) is 11.2 Å². The molecular formula is C14H22N2OS. The molecule has 4 heteroatoms. The van der Waals surface area contributed by atoms with E-state index in [9.17, 15) is 4.79 Å². The molecule has 1 amide bonds. The van der Waals surface area contributed by atoms with Crippen LogP contribution < -0.4 is 10.6 Å². The second-order valence-electron chi connectivity index (χ2n) is 3.96. The van der Waals surface area contributed by atoms with Crippen LogP contribution in [0.3, 0.4) is 0 Å². The highest BCUT2D eigenvalue weighted by Crippen LogP contribution is 2.17. The Kier molecular flexibility index (Phi) is 7.53. The number of benzene rings is 1. The van der Waals surface area contributed by atoms with E-state index in [0.717, 1.165) is 18.7 Å². The van der Waals surface area contributed by atoms with Gasteiger partial charge in [-0.15, -0.1) is 11.8 Å². The Hall–Kier alpha value is -1.00. The van der Waals surface area contributed by atoms with Crippen molar-refractivity contribution in [3.8, 4) is 0 Å². The van der Waals surface area contributed by atoms with Gasteiger partial charge >= 0.3 is 0 Å². The predicted octanol–water partition coefficient (Wildman–Crippen LogP) is 2.07. The lowest BCUT2D eigenvalue weighted by molar-refractivity contribution is -0.120. The van der Waals surface area contributed by atoms with Crippen LogP contribution in [0, 0.1) is 0 Å². The summed E-state index contributed by atoms with van der Waals surface area (Å²) < 4.78 is 0. The molecule has 100 valence electrons. The summed E-state index contributed by atoms with van der Waals surface area (Å²) in [5.41, 5.74) is 1.26. The van der Waals surface area contributed by atoms with Gasteiger partial charge in [0.15, 0.2) is 0 Å². The first-order chi connectivity index (χ1) is 8.76. The van der Waals surface area contributed by atoms with E-state index >= 15 is 0 Å². The van der Waals surface area contributed by atoms with Gasteiger partial charge in [0.1, 0.15) is 0 Å². The fraction of sp³-hybridized carbons (Fsp3) is 0.500. The molecule has 0 spiro atoms. The molecule has 0 bridgehead atoms. The van der Waals surface area contributed by atoms with Crippen molar-refractivity contribution in [3.05, 3.63) is 29.8 Å². The van der Waals surface area contributed by atoms with E-state index in [1.165, 1.54) is 10.5 Å². The lowest BCUT2D eigenvalue weighted by Gasteiger charge is -2.06. The molecule has 0 aliphatic rings. The van der Waals surface area contributed by atoms with E-state index < -0.39 is 0 Å². The topological polar surface area (TPSA) is 41.1 Å². The molecule has 0 aliphatic carbocycles. The molecule has 18 heavy (non-hydrogen) atoms. The second-order valence-corrected chi connectivity index (χ2v) is 5.29. The molecule has 1 rings (SSSR count). The largest absolute Gasteiger partial charge is 0.355 e. The first kappa shape index (κ1) is 15.1. The molecule has 0 heterocycles. The Morgan fingerprint density at radius 1 is 1.22 bits per heavy atom. The van der Waals surface area contributed by atoms with Gasteiger partial charge in [0.2, 0.25) is 5.91 Å². The van der Waals surface area contributed by atoms with Crippen molar-refractivity contribution in [2.24, 2.45) is 0 Å². The van der Waals surface area contributed by atoms with E-state index in [-0.39, 0.29) is 5.91 Å². The first-order valence-corrected chi connectivity index (χ1v) is 7.44. The molecule has 0 aromatic heterocycles. The van der Waals surface area contributed by atoms with Gasteiger partial charge in [0.05, 0.1) is 6.54 Å². The first-order valence-electron chi connectivity index (χ1n) is 6.45. The fourth-order valence-corrected chi connectivity index (χ4v) is 2.23. The van der Waals surface area contributed by atoms with Crippen molar-refractivity contribution in [2.75, 3.05) is 25.4 Å². The number of carbonyl (C=O) groups excluding carboxylic acids is 1. The van der Waals surface area contributed by atoms with Crippen LogP contribution in [0.25, 0.3) is 0 Å². The van der Waals surface area contributed by atoms with Crippen molar-refractivity contribution in [1.82, 2.24) is 10.6 Å². The maximum atomic E-state index is 11.4. The van der Waals surface area contributed by atoms with Crippen LogP contribution in [0.5, 0.6) is 0 Å². The molecule has 0 atom stereocenters. The molecule has 3 nitrogen and oxygen atoms in total. The summed E-state index contributed by atoms with van der Waals surface area (Å²) in [7, 11) is 0. The van der Waals surface area contributed by atoms with Gasteiger partial charge in [-0.2, -0.15) is 0 Å². The Balaban J connectivity index is 2.24. The summed E-state index contributed by atoms with van der Waals surface area (Å²) in [5.74, 6) is 1.16. The highest BCUT2D eigenvalue weighted by atomic mass is 32.2. The van der Waals surface area contributed by atoms with Crippen LogP contribution in [0.15, 0.2) is 29.2 Å². The number of hydrogen-bond donors (Lipinski definition) is 2. The van der Waals surface area contributed by atoms with Crippen molar-refractivity contribution in [2.45, 2.75) is 25.2 Å². The molecule has 0 fully saturated rings. The lowest BCUT2D eigenvalue weighted by atomic mass is 10.1. The summed E-state index contributed by atoms with van der Waals surface area (Å²) >= 11 is 1.84. The van der Waals surface area contributed by atoms with Crippen LogP contribution in [-0.4, -0.2) is 31.3 Å². The van der Waals surface area contributed by atoms with Crippen LogP contribution in [0.4, 0.5) is 0 Å². The average Bonchev–Trinajstić information content (AvgIpc) is 2.39. The summed E-state index contributed by atoms with van der Waals surface area (Å²) in [6, 6.07) is 8.55. The smallest absolute Gasteiger partial charge is 0.233 e. The zero-order valence-corrected chi connectivity index (χ0v) is 12.0. The van der Waals surface area contributed by atoms with E-state index in [1.54, 1.807) is 0 Å². The van der Waals surface area contributed by atoms with Gasteiger partial charge in [-0.1, -0.05) is 26.0 Å². The maximum absolute atomic E-state index is 11.4. The maximum Gasteiger partial charge on any atom is 0.233 e. The van der Waals surface area contributed by atoms with Crippen molar-refractivity contribution >= 4 is 17.7 Å². The van der Waals surface area contributed by atoms with Crippen molar-refractivity contribution in [1.29, 1.82) is 0 Å². The van der Waals surface area contributed by atoms with Gasteiger partial charge in [0.25, 0.3) is 0 Å². The summed E-state index contributed by atoms with van der Waals surface area (Å²) in [6.07, 6.45) is 0.884. The number of nitrogens with one attached hydrogen (secondary N) is 2. The number of hydrogen-bond acceptors (Lipinski definition) is 3. The minimum Gasteiger partial charge on any atom is -0.355 e. The third-order valence-corrected chi connectivity index (χ3v) is 3.40. The Bertz CT molecular complexity index is 351. The molecule has 0 unspecified atom stereocenters. The Labute approximate surface area is 114 Å². The molecule has 0 saturated heterocycles. The van der Waals surface area contributed by atoms with Gasteiger partial charge < -0.3 is 10.6 Å². The Morgan fingerprint density at radius 3 is 2.56 bits per heavy atom. The SMILES string of the molecule is CCNCC(=O)NCCc1ccc(SCC)cc1. The number of rotatable bonds is 8. The number of amides is 1. The molecule has 0 aliphatic heterocycles. The zero-order chi connectivity index (χ0) is 13.2. The van der Waals surface area contributed by atoms with Gasteiger partial charge in [-0.3, -0.25) is 4.79 Å². The van der Waals surface area contributed by atoms with Gasteiger partial charge in [-0.25, -0.2) is 0 Å². The summed E-state index contributed by atoms with van der Waals surface area (Å²) in [5, 5.41) is 5.90. The predicted molar refractivity (Wildman–Crippen MR) is 78.1 cm³/mol. The van der Waals surface area contributed by atoms with Crippen LogP contribution >= 0.6 is 11.8 Å². The van der Waals surface area contributed by atoms with Crippen LogP contribution in [0.1, 0.15) is 19.4 Å². The highest BCUT2D eigenvalue weighted by molar-refractivity contribution is 7.99. The summed E-state index contributed by atoms with van der Waals surface area (Å²) in [6.45, 7) is 6.07. The normalized spacial score (nSPS) is 10.3. The number of likely N-dealkylation sites (N-methyl/N-ethyl adjacent to an activating group) is 1. The zero-order valence-electron chi connectivity index (χ0n) is 11.2. The van der Waals surface area contributed by atoms with Gasteiger partial charge in [0, 0.05) is 11.4 Å².